The minimum absolute atomic E-state index is 0.235. The van der Waals surface area contributed by atoms with E-state index in [0.29, 0.717) is 18.7 Å². The van der Waals surface area contributed by atoms with Crippen LogP contribution in [0.25, 0.3) is 10.2 Å². The quantitative estimate of drug-likeness (QED) is 0.457. The highest BCUT2D eigenvalue weighted by Crippen LogP contribution is 2.28. The Bertz CT molecular complexity index is 1020. The lowest BCUT2D eigenvalue weighted by atomic mass is 10.3. The third-order valence-corrected chi connectivity index (χ3v) is 6.14. The molecule has 0 unspecified atom stereocenters. The topological polar surface area (TPSA) is 99.8 Å². The fourth-order valence-corrected chi connectivity index (χ4v) is 4.59. The highest BCUT2D eigenvalue weighted by molar-refractivity contribution is 7.98. The number of primary amides is 1. The van der Waals surface area contributed by atoms with Crippen molar-refractivity contribution in [3.63, 3.8) is 0 Å². The molecule has 3 heterocycles. The van der Waals surface area contributed by atoms with Crippen LogP contribution in [0, 0.1) is 0 Å². The van der Waals surface area contributed by atoms with E-state index in [1.54, 1.807) is 29.4 Å². The SMILES string of the molecule is NC(=O)CCc1nnc(SCc2nc3ccccc3s2)n1Cc1ccco1. The normalized spacial score (nSPS) is 11.3. The number of nitrogens with zero attached hydrogens (tertiary/aromatic N) is 4. The molecule has 7 nitrogen and oxygen atoms in total. The number of carbonyl (C=O) groups is 1. The van der Waals surface area contributed by atoms with Crippen molar-refractivity contribution < 1.29 is 9.21 Å². The highest BCUT2D eigenvalue weighted by atomic mass is 32.2. The second-order valence-electron chi connectivity index (χ2n) is 5.89. The second-order valence-corrected chi connectivity index (χ2v) is 7.95. The average Bonchev–Trinajstić information content (AvgIpc) is 3.38. The summed E-state index contributed by atoms with van der Waals surface area (Å²) in [5.41, 5.74) is 6.29. The molecule has 0 atom stereocenters. The van der Waals surface area contributed by atoms with Crippen LogP contribution in [0.15, 0.2) is 52.2 Å². The molecule has 0 fully saturated rings. The highest BCUT2D eigenvalue weighted by Gasteiger charge is 2.16. The van der Waals surface area contributed by atoms with Crippen LogP contribution in [-0.4, -0.2) is 25.7 Å². The molecule has 0 radical (unpaired) electrons. The third-order valence-electron chi connectivity index (χ3n) is 3.95. The van der Waals surface area contributed by atoms with Crippen LogP contribution in [0.1, 0.15) is 23.0 Å². The Balaban J connectivity index is 1.54. The van der Waals surface area contributed by atoms with E-state index in [0.717, 1.165) is 27.3 Å². The summed E-state index contributed by atoms with van der Waals surface area (Å²) in [4.78, 5) is 15.8. The van der Waals surface area contributed by atoms with Crippen LogP contribution in [0.2, 0.25) is 0 Å². The molecule has 27 heavy (non-hydrogen) atoms. The molecule has 1 aromatic carbocycles. The molecular weight excluding hydrogens is 382 g/mol. The number of furan rings is 1. The molecule has 1 amide bonds. The van der Waals surface area contributed by atoms with E-state index in [1.807, 2.05) is 34.9 Å². The lowest BCUT2D eigenvalue weighted by Gasteiger charge is -2.07. The van der Waals surface area contributed by atoms with Gasteiger partial charge < -0.3 is 10.2 Å². The summed E-state index contributed by atoms with van der Waals surface area (Å²) >= 11 is 3.25. The molecule has 0 aliphatic rings. The number of aromatic nitrogens is 4. The van der Waals surface area contributed by atoms with Crippen molar-refractivity contribution in [1.29, 1.82) is 0 Å². The van der Waals surface area contributed by atoms with Crippen molar-refractivity contribution in [1.82, 2.24) is 19.7 Å². The van der Waals surface area contributed by atoms with Gasteiger partial charge in [0.15, 0.2) is 5.16 Å². The molecule has 138 valence electrons. The van der Waals surface area contributed by atoms with E-state index in [9.17, 15) is 4.79 Å². The number of rotatable bonds is 8. The number of aryl methyl sites for hydroxylation is 1. The molecule has 0 spiro atoms. The van der Waals surface area contributed by atoms with Gasteiger partial charge in [0.1, 0.15) is 16.6 Å². The number of nitrogens with two attached hydrogens (primary N) is 1. The van der Waals surface area contributed by atoms with Crippen molar-refractivity contribution >= 4 is 39.2 Å². The Morgan fingerprint density at radius 2 is 2.11 bits per heavy atom. The maximum Gasteiger partial charge on any atom is 0.217 e. The fraction of sp³-hybridized carbons (Fsp3) is 0.222. The maximum absolute atomic E-state index is 11.1. The van der Waals surface area contributed by atoms with Crippen LogP contribution < -0.4 is 5.73 Å². The lowest BCUT2D eigenvalue weighted by molar-refractivity contribution is -0.118. The standard InChI is InChI=1S/C18H17N5O2S2/c19-15(24)7-8-16-21-22-18(23(16)10-12-4-3-9-25-12)26-11-17-20-13-5-1-2-6-14(13)27-17/h1-6,9H,7-8,10-11H2,(H2,19,24). The summed E-state index contributed by atoms with van der Waals surface area (Å²) in [6, 6.07) is 11.8. The van der Waals surface area contributed by atoms with Crippen LogP contribution in [-0.2, 0) is 23.5 Å². The van der Waals surface area contributed by atoms with Gasteiger partial charge in [-0.2, -0.15) is 0 Å². The van der Waals surface area contributed by atoms with Gasteiger partial charge in [-0.1, -0.05) is 23.9 Å². The van der Waals surface area contributed by atoms with E-state index < -0.39 is 0 Å². The molecular formula is C18H17N5O2S2. The van der Waals surface area contributed by atoms with Gasteiger partial charge in [-0.25, -0.2) is 4.98 Å². The van der Waals surface area contributed by atoms with E-state index in [-0.39, 0.29) is 12.3 Å². The largest absolute Gasteiger partial charge is 0.467 e. The lowest BCUT2D eigenvalue weighted by Crippen LogP contribution is -2.14. The number of carbonyl (C=O) groups excluding carboxylic acids is 1. The first-order chi connectivity index (χ1) is 13.2. The molecule has 0 aliphatic heterocycles. The number of benzene rings is 1. The van der Waals surface area contributed by atoms with Gasteiger partial charge in [-0.15, -0.1) is 21.5 Å². The first-order valence-electron chi connectivity index (χ1n) is 8.39. The number of amides is 1. The summed E-state index contributed by atoms with van der Waals surface area (Å²) in [5.74, 6) is 1.87. The van der Waals surface area contributed by atoms with Crippen LogP contribution >= 0.6 is 23.1 Å². The Labute approximate surface area is 163 Å². The van der Waals surface area contributed by atoms with Crippen molar-refractivity contribution in [3.8, 4) is 0 Å². The molecule has 0 saturated carbocycles. The summed E-state index contributed by atoms with van der Waals surface area (Å²) in [7, 11) is 0. The van der Waals surface area contributed by atoms with Gasteiger partial charge in [-0.3, -0.25) is 9.36 Å². The molecule has 2 N–H and O–H groups in total. The zero-order chi connectivity index (χ0) is 18.6. The van der Waals surface area contributed by atoms with Crippen LogP contribution in [0.3, 0.4) is 0 Å². The third kappa shape index (κ3) is 4.20. The van der Waals surface area contributed by atoms with Gasteiger partial charge in [0.2, 0.25) is 5.91 Å². The van der Waals surface area contributed by atoms with Crippen molar-refractivity contribution in [2.75, 3.05) is 0 Å². The van der Waals surface area contributed by atoms with Gasteiger partial charge in [0.25, 0.3) is 0 Å². The Hall–Kier alpha value is -2.65. The van der Waals surface area contributed by atoms with E-state index >= 15 is 0 Å². The number of hydrogen-bond donors (Lipinski definition) is 1. The molecule has 0 bridgehead atoms. The predicted octanol–water partition coefficient (Wildman–Crippen LogP) is 3.24. The zero-order valence-electron chi connectivity index (χ0n) is 14.4. The summed E-state index contributed by atoms with van der Waals surface area (Å²) in [6.45, 7) is 0.510. The first kappa shape index (κ1) is 17.7. The Morgan fingerprint density at radius 1 is 1.22 bits per heavy atom. The predicted molar refractivity (Wildman–Crippen MR) is 105 cm³/mol. The smallest absolute Gasteiger partial charge is 0.217 e. The van der Waals surface area contributed by atoms with Crippen molar-refractivity contribution in [2.24, 2.45) is 5.73 Å². The van der Waals surface area contributed by atoms with Crippen LogP contribution in [0.5, 0.6) is 0 Å². The number of para-hydroxylation sites is 1. The van der Waals surface area contributed by atoms with Gasteiger partial charge >= 0.3 is 0 Å². The maximum atomic E-state index is 11.1. The molecule has 0 aliphatic carbocycles. The summed E-state index contributed by atoms with van der Waals surface area (Å²) in [5, 5.41) is 10.4. The molecule has 9 heteroatoms. The van der Waals surface area contributed by atoms with Crippen molar-refractivity contribution in [2.45, 2.75) is 30.3 Å². The van der Waals surface area contributed by atoms with E-state index in [1.165, 1.54) is 4.70 Å². The fourth-order valence-electron chi connectivity index (χ4n) is 2.67. The van der Waals surface area contributed by atoms with Gasteiger partial charge in [0, 0.05) is 12.8 Å². The molecule has 0 saturated heterocycles. The number of hydrogen-bond acceptors (Lipinski definition) is 7. The second kappa shape index (κ2) is 7.93. The van der Waals surface area contributed by atoms with E-state index in [2.05, 4.69) is 21.2 Å². The van der Waals surface area contributed by atoms with E-state index in [4.69, 9.17) is 10.2 Å². The molecule has 4 rings (SSSR count). The number of thioether (sulfide) groups is 1. The summed E-state index contributed by atoms with van der Waals surface area (Å²) in [6.07, 6.45) is 2.32. The number of thiazole rings is 1. The molecule has 3 aromatic heterocycles. The first-order valence-corrected chi connectivity index (χ1v) is 10.2. The minimum Gasteiger partial charge on any atom is -0.467 e. The minimum atomic E-state index is -0.355. The Morgan fingerprint density at radius 3 is 2.89 bits per heavy atom. The average molecular weight is 400 g/mol. The Kier molecular flexibility index (Phi) is 5.21. The van der Waals surface area contributed by atoms with Crippen molar-refractivity contribution in [3.05, 3.63) is 59.3 Å². The molecule has 4 aromatic rings. The zero-order valence-corrected chi connectivity index (χ0v) is 16.0. The monoisotopic (exact) mass is 399 g/mol. The van der Waals surface area contributed by atoms with Gasteiger partial charge in [0.05, 0.1) is 28.8 Å². The van der Waals surface area contributed by atoms with Crippen LogP contribution in [0.4, 0.5) is 0 Å². The summed E-state index contributed by atoms with van der Waals surface area (Å²) < 4.78 is 8.60. The number of fused-ring (bicyclic) bond motifs is 1. The van der Waals surface area contributed by atoms with Gasteiger partial charge in [-0.05, 0) is 24.3 Å².